The zero-order chi connectivity index (χ0) is 20.7. The molecule has 30 heavy (non-hydrogen) atoms. The van der Waals surface area contributed by atoms with Crippen LogP contribution in [0.3, 0.4) is 0 Å². The molecular weight excluding hydrogens is 379 g/mol. The number of hydrogen-bond acceptors (Lipinski definition) is 3. The van der Waals surface area contributed by atoms with Crippen molar-refractivity contribution in [1.82, 2.24) is 19.2 Å². The van der Waals surface area contributed by atoms with E-state index in [0.29, 0.717) is 5.65 Å². The van der Waals surface area contributed by atoms with Gasteiger partial charge >= 0.3 is 0 Å². The van der Waals surface area contributed by atoms with E-state index in [1.54, 1.807) is 17.7 Å². The maximum Gasteiger partial charge on any atom is 0.166 e. The molecule has 0 aliphatic carbocycles. The molecule has 5 rings (SSSR count). The van der Waals surface area contributed by atoms with Crippen molar-refractivity contribution in [3.05, 3.63) is 90.6 Å². The van der Waals surface area contributed by atoms with Gasteiger partial charge in [-0.3, -0.25) is 0 Å². The highest BCUT2D eigenvalue weighted by Crippen LogP contribution is 2.32. The van der Waals surface area contributed by atoms with E-state index in [1.165, 1.54) is 12.1 Å². The minimum Gasteiger partial charge on any atom is -0.497 e. The van der Waals surface area contributed by atoms with E-state index < -0.39 is 0 Å². The molecule has 0 atom stereocenters. The minimum atomic E-state index is -0.292. The van der Waals surface area contributed by atoms with Crippen molar-refractivity contribution in [3.8, 4) is 34.0 Å². The van der Waals surface area contributed by atoms with Crippen molar-refractivity contribution in [2.75, 3.05) is 7.11 Å². The highest BCUT2D eigenvalue weighted by atomic mass is 19.1. The van der Waals surface area contributed by atoms with Crippen LogP contribution in [0.1, 0.15) is 5.69 Å². The van der Waals surface area contributed by atoms with E-state index in [0.717, 1.165) is 39.6 Å². The van der Waals surface area contributed by atoms with Gasteiger partial charge in [-0.2, -0.15) is 5.10 Å². The fourth-order valence-corrected chi connectivity index (χ4v) is 3.68. The molecule has 148 valence electrons. The van der Waals surface area contributed by atoms with Crippen molar-refractivity contribution < 1.29 is 9.13 Å². The van der Waals surface area contributed by atoms with Crippen molar-refractivity contribution in [3.63, 3.8) is 0 Å². The van der Waals surface area contributed by atoms with E-state index in [2.05, 4.69) is 0 Å². The zero-order valence-corrected chi connectivity index (χ0v) is 16.6. The monoisotopic (exact) mass is 398 g/mol. The van der Waals surface area contributed by atoms with Crippen molar-refractivity contribution in [2.24, 2.45) is 0 Å². The first-order valence-electron chi connectivity index (χ1n) is 9.58. The van der Waals surface area contributed by atoms with E-state index in [4.69, 9.17) is 14.8 Å². The predicted molar refractivity (Wildman–Crippen MR) is 114 cm³/mol. The normalized spacial score (nSPS) is 11.2. The summed E-state index contributed by atoms with van der Waals surface area (Å²) in [7, 11) is 1.64. The van der Waals surface area contributed by atoms with Crippen LogP contribution >= 0.6 is 0 Å². The molecule has 0 saturated carbocycles. The molecule has 0 bridgehead atoms. The third-order valence-electron chi connectivity index (χ3n) is 5.12. The van der Waals surface area contributed by atoms with Crippen molar-refractivity contribution in [2.45, 2.75) is 6.92 Å². The largest absolute Gasteiger partial charge is 0.497 e. The first-order chi connectivity index (χ1) is 14.6. The standard InChI is InChI=1S/C24H19FN4O/c1-16-23(17-8-10-20(30-2)11-9-17)24-26-22(28-12-3-4-13-28)15-21(29(24)27-16)18-6-5-7-19(25)14-18/h3-15H,1-2H3. The van der Waals surface area contributed by atoms with Crippen LogP contribution in [0, 0.1) is 12.7 Å². The van der Waals surface area contributed by atoms with Crippen LogP contribution in [-0.2, 0) is 0 Å². The fraction of sp³-hybridized carbons (Fsp3) is 0.0833. The lowest BCUT2D eigenvalue weighted by molar-refractivity contribution is 0.415. The number of halogens is 1. The van der Waals surface area contributed by atoms with Crippen molar-refractivity contribution in [1.29, 1.82) is 0 Å². The Balaban J connectivity index is 1.81. The lowest BCUT2D eigenvalue weighted by atomic mass is 10.1. The molecule has 2 aromatic carbocycles. The number of benzene rings is 2. The van der Waals surface area contributed by atoms with Crippen LogP contribution in [0.25, 0.3) is 33.8 Å². The molecule has 0 spiro atoms. The molecule has 0 unspecified atom stereocenters. The van der Waals surface area contributed by atoms with Crippen LogP contribution in [0.4, 0.5) is 4.39 Å². The van der Waals surface area contributed by atoms with E-state index in [1.807, 2.05) is 72.4 Å². The van der Waals surface area contributed by atoms with Gasteiger partial charge in [0, 0.05) is 29.6 Å². The Hall–Kier alpha value is -3.93. The van der Waals surface area contributed by atoms with E-state index in [9.17, 15) is 4.39 Å². The molecular formula is C24H19FN4O. The van der Waals surface area contributed by atoms with Gasteiger partial charge in [0.15, 0.2) is 5.65 Å². The van der Waals surface area contributed by atoms with Gasteiger partial charge in [0.2, 0.25) is 0 Å². The molecule has 3 heterocycles. The lowest BCUT2D eigenvalue weighted by Crippen LogP contribution is -2.02. The highest BCUT2D eigenvalue weighted by molar-refractivity contribution is 5.82. The highest BCUT2D eigenvalue weighted by Gasteiger charge is 2.18. The SMILES string of the molecule is COc1ccc(-c2c(C)nn3c(-c4cccc(F)c4)cc(-n4cccc4)nc23)cc1. The van der Waals surface area contributed by atoms with Crippen LogP contribution in [-0.4, -0.2) is 26.3 Å². The molecule has 0 saturated heterocycles. The smallest absolute Gasteiger partial charge is 0.166 e. The number of ether oxygens (including phenoxy) is 1. The quantitative estimate of drug-likeness (QED) is 0.412. The topological polar surface area (TPSA) is 44.4 Å². The first kappa shape index (κ1) is 18.1. The van der Waals surface area contributed by atoms with Gasteiger partial charge in [-0.05, 0) is 48.9 Å². The third-order valence-corrected chi connectivity index (χ3v) is 5.12. The van der Waals surface area contributed by atoms with E-state index in [-0.39, 0.29) is 5.82 Å². The summed E-state index contributed by atoms with van der Waals surface area (Å²) in [6.07, 6.45) is 3.87. The van der Waals surface area contributed by atoms with Crippen LogP contribution in [0.15, 0.2) is 79.1 Å². The maximum absolute atomic E-state index is 14.0. The molecule has 0 aliphatic rings. The average molecular weight is 398 g/mol. The summed E-state index contributed by atoms with van der Waals surface area (Å²) in [5.74, 6) is 1.23. The van der Waals surface area contributed by atoms with Crippen LogP contribution in [0.2, 0.25) is 0 Å². The Labute approximate surface area is 173 Å². The number of aryl methyl sites for hydroxylation is 1. The number of hydrogen-bond donors (Lipinski definition) is 0. The molecule has 6 heteroatoms. The number of aromatic nitrogens is 4. The number of rotatable bonds is 4. The molecule has 0 aliphatic heterocycles. The molecule has 0 amide bonds. The van der Waals surface area contributed by atoms with Gasteiger partial charge in [0.05, 0.1) is 18.5 Å². The van der Waals surface area contributed by atoms with Gasteiger partial charge in [0.25, 0.3) is 0 Å². The van der Waals surface area contributed by atoms with Gasteiger partial charge in [-0.25, -0.2) is 13.9 Å². The Morgan fingerprint density at radius 2 is 1.67 bits per heavy atom. The first-order valence-corrected chi connectivity index (χ1v) is 9.58. The molecule has 3 aromatic heterocycles. The van der Waals surface area contributed by atoms with Gasteiger partial charge < -0.3 is 9.30 Å². The fourth-order valence-electron chi connectivity index (χ4n) is 3.68. The van der Waals surface area contributed by atoms with Crippen molar-refractivity contribution >= 4 is 5.65 Å². The maximum atomic E-state index is 14.0. The Bertz CT molecular complexity index is 1340. The number of fused-ring (bicyclic) bond motifs is 1. The van der Waals surface area contributed by atoms with Gasteiger partial charge in [-0.15, -0.1) is 0 Å². The number of nitrogens with zero attached hydrogens (tertiary/aromatic N) is 4. The summed E-state index contributed by atoms with van der Waals surface area (Å²) in [6, 6.07) is 20.2. The molecule has 5 nitrogen and oxygen atoms in total. The Morgan fingerprint density at radius 3 is 2.37 bits per heavy atom. The van der Waals surface area contributed by atoms with E-state index >= 15 is 0 Å². The summed E-state index contributed by atoms with van der Waals surface area (Å²) in [4.78, 5) is 4.90. The molecule has 0 radical (unpaired) electrons. The summed E-state index contributed by atoms with van der Waals surface area (Å²) in [5, 5.41) is 4.75. The summed E-state index contributed by atoms with van der Waals surface area (Å²) < 4.78 is 23.0. The predicted octanol–water partition coefficient (Wildman–Crippen LogP) is 5.31. The van der Waals surface area contributed by atoms with Gasteiger partial charge in [-0.1, -0.05) is 24.3 Å². The zero-order valence-electron chi connectivity index (χ0n) is 16.6. The summed E-state index contributed by atoms with van der Waals surface area (Å²) >= 11 is 0. The molecule has 0 N–H and O–H groups in total. The second kappa shape index (κ2) is 7.15. The molecule has 0 fully saturated rings. The second-order valence-electron chi connectivity index (χ2n) is 7.02. The second-order valence-corrected chi connectivity index (χ2v) is 7.02. The average Bonchev–Trinajstić information content (AvgIpc) is 3.40. The summed E-state index contributed by atoms with van der Waals surface area (Å²) in [5.41, 5.74) is 4.98. The van der Waals surface area contributed by atoms with Crippen LogP contribution < -0.4 is 4.74 Å². The Kier molecular flexibility index (Phi) is 4.32. The minimum absolute atomic E-state index is 0.292. The number of methoxy groups -OCH3 is 1. The molecule has 5 aromatic rings. The lowest BCUT2D eigenvalue weighted by Gasteiger charge is -2.10. The van der Waals surface area contributed by atoms with Crippen LogP contribution in [0.5, 0.6) is 5.75 Å². The van der Waals surface area contributed by atoms with Gasteiger partial charge in [0.1, 0.15) is 17.4 Å². The third kappa shape index (κ3) is 3.03. The summed E-state index contributed by atoms with van der Waals surface area (Å²) in [6.45, 7) is 1.96. The Morgan fingerprint density at radius 1 is 0.900 bits per heavy atom.